The first-order chi connectivity index (χ1) is 12.5. The van der Waals surface area contributed by atoms with Gasteiger partial charge in [0.1, 0.15) is 5.82 Å². The minimum atomic E-state index is -0.0959. The van der Waals surface area contributed by atoms with Gasteiger partial charge in [0.2, 0.25) is 0 Å². The largest absolute Gasteiger partial charge is 0.345 e. The van der Waals surface area contributed by atoms with Gasteiger partial charge in [-0.3, -0.25) is 4.79 Å². The highest BCUT2D eigenvalue weighted by Crippen LogP contribution is 2.27. The van der Waals surface area contributed by atoms with Crippen molar-refractivity contribution >= 4 is 28.4 Å². The molecule has 0 aliphatic rings. The van der Waals surface area contributed by atoms with E-state index in [4.69, 9.17) is 11.6 Å². The Hall–Kier alpha value is -2.53. The number of nitrogens with zero attached hydrogens (tertiary/aromatic N) is 4. The summed E-state index contributed by atoms with van der Waals surface area (Å²) in [7, 11) is 3.45. The van der Waals surface area contributed by atoms with Gasteiger partial charge in [-0.25, -0.2) is 15.0 Å². The lowest BCUT2D eigenvalue weighted by Gasteiger charge is -2.14. The fraction of sp³-hybridized carbons (Fsp3) is 0.300. The highest BCUT2D eigenvalue weighted by Gasteiger charge is 2.16. The predicted molar refractivity (Wildman–Crippen MR) is 104 cm³/mol. The Bertz CT molecular complexity index is 938. The van der Waals surface area contributed by atoms with E-state index < -0.39 is 0 Å². The summed E-state index contributed by atoms with van der Waals surface area (Å²) in [6, 6.07) is 7.15. The second-order valence-electron chi connectivity index (χ2n) is 6.41. The molecular weight excluding hydrogens is 348 g/mol. The van der Waals surface area contributed by atoms with Crippen molar-refractivity contribution in [2.75, 3.05) is 14.1 Å². The Morgan fingerprint density at radius 2 is 1.88 bits per heavy atom. The highest BCUT2D eigenvalue weighted by molar-refractivity contribution is 6.31. The first-order valence-electron chi connectivity index (χ1n) is 8.63. The van der Waals surface area contributed by atoms with Crippen LogP contribution in [-0.2, 0) is 6.42 Å². The Balaban J connectivity index is 2.09. The van der Waals surface area contributed by atoms with Crippen molar-refractivity contribution in [3.63, 3.8) is 0 Å². The molecule has 3 rings (SSSR count). The van der Waals surface area contributed by atoms with Gasteiger partial charge in [0.15, 0.2) is 0 Å². The van der Waals surface area contributed by atoms with E-state index in [1.165, 1.54) is 0 Å². The van der Waals surface area contributed by atoms with E-state index in [0.29, 0.717) is 21.8 Å². The van der Waals surface area contributed by atoms with Crippen LogP contribution in [0.2, 0.25) is 5.02 Å². The Morgan fingerprint density at radius 1 is 1.15 bits per heavy atom. The first kappa shape index (κ1) is 18.3. The van der Waals surface area contributed by atoms with Crippen molar-refractivity contribution in [2.45, 2.75) is 26.2 Å². The summed E-state index contributed by atoms with van der Waals surface area (Å²) < 4.78 is 0. The molecule has 3 aromatic rings. The molecule has 2 heterocycles. The van der Waals surface area contributed by atoms with Gasteiger partial charge in [0.25, 0.3) is 5.91 Å². The van der Waals surface area contributed by atoms with Crippen LogP contribution in [0.1, 0.15) is 35.9 Å². The van der Waals surface area contributed by atoms with Gasteiger partial charge in [-0.1, -0.05) is 24.9 Å². The maximum absolute atomic E-state index is 12.6. The predicted octanol–water partition coefficient (Wildman–Crippen LogP) is 4.39. The van der Waals surface area contributed by atoms with Crippen molar-refractivity contribution in [2.24, 2.45) is 0 Å². The summed E-state index contributed by atoms with van der Waals surface area (Å²) in [5, 5.41) is 1.31. The molecule has 0 radical (unpaired) electrons. The standard InChI is InChI=1S/C20H21ClN4O/c1-4-5-6-19-22-11-13(12-23-19)18-10-16(20(26)25(2)3)15-9-14(21)7-8-17(15)24-18/h7-12H,4-6H2,1-3H3. The summed E-state index contributed by atoms with van der Waals surface area (Å²) in [6.07, 6.45) is 6.58. The molecular formula is C20H21ClN4O. The number of amides is 1. The molecule has 0 N–H and O–H groups in total. The number of pyridine rings is 1. The molecule has 0 spiro atoms. The molecule has 2 aromatic heterocycles. The molecule has 0 bridgehead atoms. The van der Waals surface area contributed by atoms with Gasteiger partial charge in [-0.2, -0.15) is 0 Å². The molecule has 0 atom stereocenters. The van der Waals surface area contributed by atoms with Gasteiger partial charge >= 0.3 is 0 Å². The van der Waals surface area contributed by atoms with Gasteiger partial charge in [-0.05, 0) is 30.7 Å². The van der Waals surface area contributed by atoms with Crippen molar-refractivity contribution in [3.8, 4) is 11.3 Å². The van der Waals surface area contributed by atoms with Crippen molar-refractivity contribution < 1.29 is 4.79 Å². The van der Waals surface area contributed by atoms with Gasteiger partial charge in [-0.15, -0.1) is 0 Å². The smallest absolute Gasteiger partial charge is 0.254 e. The topological polar surface area (TPSA) is 59.0 Å². The number of halogens is 1. The number of fused-ring (bicyclic) bond motifs is 1. The molecule has 26 heavy (non-hydrogen) atoms. The lowest BCUT2D eigenvalue weighted by molar-refractivity contribution is 0.0829. The maximum Gasteiger partial charge on any atom is 0.254 e. The summed E-state index contributed by atoms with van der Waals surface area (Å²) in [5.74, 6) is 0.731. The molecule has 0 saturated heterocycles. The van der Waals surface area contributed by atoms with Crippen molar-refractivity contribution in [1.29, 1.82) is 0 Å². The van der Waals surface area contributed by atoms with E-state index in [1.807, 2.05) is 6.07 Å². The lowest BCUT2D eigenvalue weighted by Crippen LogP contribution is -2.22. The molecule has 0 unspecified atom stereocenters. The van der Waals surface area contributed by atoms with Crippen LogP contribution in [0.25, 0.3) is 22.2 Å². The zero-order chi connectivity index (χ0) is 18.7. The molecule has 0 aliphatic carbocycles. The van der Waals surface area contributed by atoms with E-state index in [2.05, 4.69) is 21.9 Å². The van der Waals surface area contributed by atoms with Crippen LogP contribution >= 0.6 is 11.6 Å². The number of carbonyl (C=O) groups excluding carboxylic acids is 1. The fourth-order valence-corrected chi connectivity index (χ4v) is 2.89. The Morgan fingerprint density at radius 3 is 2.54 bits per heavy atom. The molecule has 1 aromatic carbocycles. The third-order valence-corrected chi connectivity index (χ3v) is 4.40. The van der Waals surface area contributed by atoms with Crippen LogP contribution < -0.4 is 0 Å². The molecule has 0 aliphatic heterocycles. The van der Waals surface area contributed by atoms with Crippen LogP contribution in [0.15, 0.2) is 36.7 Å². The van der Waals surface area contributed by atoms with E-state index in [9.17, 15) is 4.79 Å². The van der Waals surface area contributed by atoms with Crippen LogP contribution in [0.4, 0.5) is 0 Å². The number of benzene rings is 1. The Kier molecular flexibility index (Phi) is 5.47. The SMILES string of the molecule is CCCCc1ncc(-c2cc(C(=O)N(C)C)c3cc(Cl)ccc3n2)cn1. The fourth-order valence-electron chi connectivity index (χ4n) is 2.71. The van der Waals surface area contributed by atoms with E-state index in [0.717, 1.165) is 36.0 Å². The maximum atomic E-state index is 12.6. The van der Waals surface area contributed by atoms with Gasteiger partial charge in [0, 0.05) is 48.9 Å². The monoisotopic (exact) mass is 368 g/mol. The second-order valence-corrected chi connectivity index (χ2v) is 6.84. The van der Waals surface area contributed by atoms with E-state index >= 15 is 0 Å². The van der Waals surface area contributed by atoms with Crippen LogP contribution in [0.5, 0.6) is 0 Å². The number of hydrogen-bond donors (Lipinski definition) is 0. The summed E-state index contributed by atoms with van der Waals surface area (Å²) in [5.41, 5.74) is 2.74. The third kappa shape index (κ3) is 3.83. The van der Waals surface area contributed by atoms with Crippen LogP contribution in [0, 0.1) is 0 Å². The average molecular weight is 369 g/mol. The zero-order valence-electron chi connectivity index (χ0n) is 15.2. The molecule has 0 fully saturated rings. The molecule has 0 saturated carbocycles. The van der Waals surface area contributed by atoms with Crippen LogP contribution in [0.3, 0.4) is 0 Å². The summed E-state index contributed by atoms with van der Waals surface area (Å²) in [6.45, 7) is 2.14. The molecule has 134 valence electrons. The minimum Gasteiger partial charge on any atom is -0.345 e. The number of aryl methyl sites for hydroxylation is 1. The lowest BCUT2D eigenvalue weighted by atomic mass is 10.0. The number of aromatic nitrogens is 3. The normalized spacial score (nSPS) is 10.9. The number of rotatable bonds is 5. The van der Waals surface area contributed by atoms with E-state index in [-0.39, 0.29) is 5.91 Å². The first-order valence-corrected chi connectivity index (χ1v) is 9.00. The zero-order valence-corrected chi connectivity index (χ0v) is 15.9. The second kappa shape index (κ2) is 7.79. The highest BCUT2D eigenvalue weighted by atomic mass is 35.5. The summed E-state index contributed by atoms with van der Waals surface area (Å²) in [4.78, 5) is 27.7. The van der Waals surface area contributed by atoms with Gasteiger partial charge < -0.3 is 4.90 Å². The quantitative estimate of drug-likeness (QED) is 0.670. The van der Waals surface area contributed by atoms with Crippen LogP contribution in [-0.4, -0.2) is 39.9 Å². The third-order valence-electron chi connectivity index (χ3n) is 4.16. The molecule has 1 amide bonds. The number of hydrogen-bond acceptors (Lipinski definition) is 4. The van der Waals surface area contributed by atoms with Crippen molar-refractivity contribution in [3.05, 3.63) is 53.1 Å². The Labute approximate surface area is 158 Å². The minimum absolute atomic E-state index is 0.0959. The average Bonchev–Trinajstić information content (AvgIpc) is 2.65. The van der Waals surface area contributed by atoms with Gasteiger partial charge in [0.05, 0.1) is 16.8 Å². The number of carbonyl (C=O) groups is 1. The molecule has 5 nitrogen and oxygen atoms in total. The molecule has 6 heteroatoms. The van der Waals surface area contributed by atoms with Crippen molar-refractivity contribution in [1.82, 2.24) is 19.9 Å². The number of unbranched alkanes of at least 4 members (excludes halogenated alkanes) is 1. The van der Waals surface area contributed by atoms with E-state index in [1.54, 1.807) is 49.6 Å². The summed E-state index contributed by atoms with van der Waals surface area (Å²) >= 11 is 6.12.